The summed E-state index contributed by atoms with van der Waals surface area (Å²) in [7, 11) is 1.61. The van der Waals surface area contributed by atoms with E-state index in [1.807, 2.05) is 0 Å². The Hall–Kier alpha value is -1.40. The van der Waals surface area contributed by atoms with Gasteiger partial charge in [-0.3, -0.25) is 4.79 Å². The summed E-state index contributed by atoms with van der Waals surface area (Å²) in [5.41, 5.74) is 5.44. The topological polar surface area (TPSA) is 78.9 Å². The number of carbonyl (C=O) groups excluding carboxylic acids is 1. The molecule has 1 rings (SSSR count). The molecule has 1 amide bonds. The highest BCUT2D eigenvalue weighted by atomic mass is 19.3. The summed E-state index contributed by atoms with van der Waals surface area (Å²) in [5, 5.41) is 11.4. The van der Waals surface area contributed by atoms with Crippen LogP contribution in [-0.2, 0) is 4.79 Å². The standard InChI is InChI=1S/C12H21F2N3O2/c1-8(10(15)16-19)7-17(2)11(18)9-3-5-12(13,14)6-4-9/h8-9,19H,3-7H2,1-2H3,(H2,15,16). The molecule has 0 saturated heterocycles. The van der Waals surface area contributed by atoms with Gasteiger partial charge in [-0.05, 0) is 12.8 Å². The highest BCUT2D eigenvalue weighted by Crippen LogP contribution is 2.36. The van der Waals surface area contributed by atoms with Crippen LogP contribution in [0.4, 0.5) is 8.78 Å². The van der Waals surface area contributed by atoms with E-state index < -0.39 is 5.92 Å². The van der Waals surface area contributed by atoms with Crippen LogP contribution in [0.3, 0.4) is 0 Å². The van der Waals surface area contributed by atoms with Gasteiger partial charge in [-0.25, -0.2) is 8.78 Å². The first-order valence-corrected chi connectivity index (χ1v) is 6.37. The van der Waals surface area contributed by atoms with Gasteiger partial charge in [-0.2, -0.15) is 0 Å². The van der Waals surface area contributed by atoms with E-state index >= 15 is 0 Å². The van der Waals surface area contributed by atoms with Crippen molar-refractivity contribution in [2.24, 2.45) is 22.7 Å². The van der Waals surface area contributed by atoms with Crippen molar-refractivity contribution in [3.8, 4) is 0 Å². The van der Waals surface area contributed by atoms with Crippen molar-refractivity contribution in [3.63, 3.8) is 0 Å². The number of alkyl halides is 2. The van der Waals surface area contributed by atoms with Gasteiger partial charge in [0.05, 0.1) is 0 Å². The zero-order chi connectivity index (χ0) is 14.6. The summed E-state index contributed by atoms with van der Waals surface area (Å²) in [6.07, 6.45) is -0.0255. The molecule has 1 unspecified atom stereocenters. The van der Waals surface area contributed by atoms with E-state index in [9.17, 15) is 13.6 Å². The van der Waals surface area contributed by atoms with Gasteiger partial charge in [-0.15, -0.1) is 0 Å². The third-order valence-electron chi connectivity index (χ3n) is 3.61. The zero-order valence-electron chi connectivity index (χ0n) is 11.3. The van der Waals surface area contributed by atoms with Crippen molar-refractivity contribution in [1.82, 2.24) is 4.90 Å². The van der Waals surface area contributed by atoms with E-state index in [4.69, 9.17) is 10.9 Å². The molecule has 0 spiro atoms. The molecule has 0 heterocycles. The van der Waals surface area contributed by atoms with E-state index in [1.165, 1.54) is 4.90 Å². The number of hydrogen-bond acceptors (Lipinski definition) is 3. The SMILES string of the molecule is CC(CN(C)C(=O)C1CCC(F)(F)CC1)C(N)=NO. The molecule has 1 aliphatic rings. The van der Waals surface area contributed by atoms with Gasteiger partial charge >= 0.3 is 0 Å². The Morgan fingerprint density at radius 2 is 2.05 bits per heavy atom. The Balaban J connectivity index is 2.49. The molecule has 5 nitrogen and oxygen atoms in total. The quantitative estimate of drug-likeness (QED) is 0.355. The van der Waals surface area contributed by atoms with E-state index in [-0.39, 0.29) is 49.3 Å². The minimum Gasteiger partial charge on any atom is -0.409 e. The van der Waals surface area contributed by atoms with Crippen LogP contribution in [0.25, 0.3) is 0 Å². The lowest BCUT2D eigenvalue weighted by Gasteiger charge is -2.31. The van der Waals surface area contributed by atoms with E-state index in [0.29, 0.717) is 6.54 Å². The third kappa shape index (κ3) is 4.33. The van der Waals surface area contributed by atoms with Crippen molar-refractivity contribution in [3.05, 3.63) is 0 Å². The highest BCUT2D eigenvalue weighted by Gasteiger charge is 2.38. The van der Waals surface area contributed by atoms with Crippen molar-refractivity contribution in [2.75, 3.05) is 13.6 Å². The number of oxime groups is 1. The second-order valence-electron chi connectivity index (χ2n) is 5.27. The third-order valence-corrected chi connectivity index (χ3v) is 3.61. The maximum atomic E-state index is 13.0. The van der Waals surface area contributed by atoms with Gasteiger partial charge in [-0.1, -0.05) is 12.1 Å². The van der Waals surface area contributed by atoms with Crippen molar-refractivity contribution in [1.29, 1.82) is 0 Å². The Morgan fingerprint density at radius 1 is 1.53 bits per heavy atom. The normalized spacial score (nSPS) is 22.0. The molecule has 7 heteroatoms. The summed E-state index contributed by atoms with van der Waals surface area (Å²) in [5.74, 6) is -3.34. The molecule has 1 saturated carbocycles. The number of nitrogens with two attached hydrogens (primary N) is 1. The molecule has 110 valence electrons. The molecule has 3 N–H and O–H groups in total. The molecule has 0 aliphatic heterocycles. The Kier molecular flexibility index (Phi) is 5.08. The van der Waals surface area contributed by atoms with Crippen LogP contribution in [-0.4, -0.2) is 41.4 Å². The number of rotatable bonds is 4. The zero-order valence-corrected chi connectivity index (χ0v) is 11.3. The minimum absolute atomic E-state index is 0.0508. The fourth-order valence-corrected chi connectivity index (χ4v) is 2.29. The Labute approximate surface area is 111 Å². The molecular formula is C12H21F2N3O2. The highest BCUT2D eigenvalue weighted by molar-refractivity contribution is 5.83. The lowest BCUT2D eigenvalue weighted by atomic mass is 9.86. The number of hydrogen-bond donors (Lipinski definition) is 2. The number of nitrogens with zero attached hydrogens (tertiary/aromatic N) is 2. The first-order chi connectivity index (χ1) is 8.76. The molecule has 0 radical (unpaired) electrons. The van der Waals surface area contributed by atoms with E-state index in [0.717, 1.165) is 0 Å². The molecule has 0 bridgehead atoms. The maximum absolute atomic E-state index is 13.0. The van der Waals surface area contributed by atoms with Crippen LogP contribution in [0.1, 0.15) is 32.6 Å². The van der Waals surface area contributed by atoms with Gasteiger partial charge in [0.1, 0.15) is 5.84 Å². The van der Waals surface area contributed by atoms with Crippen LogP contribution < -0.4 is 5.73 Å². The molecular weight excluding hydrogens is 256 g/mol. The molecule has 1 atom stereocenters. The number of halogens is 2. The van der Waals surface area contributed by atoms with E-state index in [2.05, 4.69) is 5.16 Å². The molecule has 1 aliphatic carbocycles. The molecule has 0 aromatic rings. The molecule has 19 heavy (non-hydrogen) atoms. The molecule has 0 aromatic carbocycles. The Bertz CT molecular complexity index is 351. The summed E-state index contributed by atoms with van der Waals surface area (Å²) < 4.78 is 26.0. The van der Waals surface area contributed by atoms with Crippen LogP contribution >= 0.6 is 0 Å². The summed E-state index contributed by atoms with van der Waals surface area (Å²) in [6.45, 7) is 2.04. The van der Waals surface area contributed by atoms with Crippen molar-refractivity contribution < 1.29 is 18.8 Å². The summed E-state index contributed by atoms with van der Waals surface area (Å²) in [4.78, 5) is 13.6. The van der Waals surface area contributed by atoms with Crippen molar-refractivity contribution >= 4 is 11.7 Å². The van der Waals surface area contributed by atoms with E-state index in [1.54, 1.807) is 14.0 Å². The van der Waals surface area contributed by atoms with Gasteiger partial charge < -0.3 is 15.8 Å². The predicted molar refractivity (Wildman–Crippen MR) is 67.1 cm³/mol. The first-order valence-electron chi connectivity index (χ1n) is 6.37. The number of carbonyl (C=O) groups is 1. The Morgan fingerprint density at radius 3 is 2.53 bits per heavy atom. The second kappa shape index (κ2) is 6.16. The van der Waals surface area contributed by atoms with Crippen LogP contribution in [0.5, 0.6) is 0 Å². The monoisotopic (exact) mass is 277 g/mol. The van der Waals surface area contributed by atoms with Crippen LogP contribution in [0.2, 0.25) is 0 Å². The smallest absolute Gasteiger partial charge is 0.248 e. The van der Waals surface area contributed by atoms with Crippen LogP contribution in [0, 0.1) is 11.8 Å². The fraction of sp³-hybridized carbons (Fsp3) is 0.833. The molecule has 1 fully saturated rings. The summed E-state index contributed by atoms with van der Waals surface area (Å²) in [6, 6.07) is 0. The predicted octanol–water partition coefficient (Wildman–Crippen LogP) is 1.65. The largest absolute Gasteiger partial charge is 0.409 e. The summed E-state index contributed by atoms with van der Waals surface area (Å²) >= 11 is 0. The average molecular weight is 277 g/mol. The lowest BCUT2D eigenvalue weighted by Crippen LogP contribution is -2.41. The number of amides is 1. The van der Waals surface area contributed by atoms with Gasteiger partial charge in [0.15, 0.2) is 0 Å². The van der Waals surface area contributed by atoms with Crippen LogP contribution in [0.15, 0.2) is 5.16 Å². The van der Waals surface area contributed by atoms with Gasteiger partial charge in [0.2, 0.25) is 11.8 Å². The van der Waals surface area contributed by atoms with Crippen molar-refractivity contribution in [2.45, 2.75) is 38.5 Å². The number of amidine groups is 1. The van der Waals surface area contributed by atoms with Gasteiger partial charge in [0, 0.05) is 38.3 Å². The maximum Gasteiger partial charge on any atom is 0.248 e. The first kappa shape index (κ1) is 15.7. The van der Waals surface area contributed by atoms with Gasteiger partial charge in [0.25, 0.3) is 0 Å². The fourth-order valence-electron chi connectivity index (χ4n) is 2.29. The molecule has 0 aromatic heterocycles. The second-order valence-corrected chi connectivity index (χ2v) is 5.27. The average Bonchev–Trinajstić information content (AvgIpc) is 2.36. The minimum atomic E-state index is -2.63. The lowest BCUT2D eigenvalue weighted by molar-refractivity contribution is -0.138.